The molecule has 0 bridgehead atoms. The van der Waals surface area contributed by atoms with Gasteiger partial charge in [0.25, 0.3) is 5.79 Å². The molecule has 0 aromatic carbocycles. The van der Waals surface area contributed by atoms with Crippen molar-refractivity contribution in [3.05, 3.63) is 0 Å². The summed E-state index contributed by atoms with van der Waals surface area (Å²) in [5.74, 6) is -6.96. The van der Waals surface area contributed by atoms with Crippen LogP contribution in [-0.4, -0.2) is 92.8 Å². The van der Waals surface area contributed by atoms with Gasteiger partial charge in [0.2, 0.25) is 5.91 Å². The first kappa shape index (κ1) is 29.8. The smallest absolute Gasteiger partial charge is 0.366 e. The number of hydrogen-bond donors (Lipinski definition) is 1. The van der Waals surface area contributed by atoms with Crippen LogP contribution in [0.3, 0.4) is 0 Å². The number of hydrogen-bond acceptors (Lipinski definition) is 13. The maximum atomic E-state index is 12.7. The molecule has 1 amide bonds. The zero-order valence-electron chi connectivity index (χ0n) is 20.6. The molecule has 0 radical (unpaired) electrons. The summed E-state index contributed by atoms with van der Waals surface area (Å²) in [7, 11) is 2.19. The van der Waals surface area contributed by atoms with Crippen molar-refractivity contribution in [3.8, 4) is 0 Å². The molecule has 1 N–H and O–H groups in total. The maximum absolute atomic E-state index is 12.7. The Morgan fingerprint density at radius 1 is 0.914 bits per heavy atom. The molecule has 14 heteroatoms. The van der Waals surface area contributed by atoms with Crippen molar-refractivity contribution in [2.75, 3.05) is 20.8 Å². The lowest BCUT2D eigenvalue weighted by atomic mass is 9.88. The topological polar surface area (TPSA) is 179 Å². The van der Waals surface area contributed by atoms with Crippen molar-refractivity contribution >= 4 is 35.8 Å². The van der Waals surface area contributed by atoms with Gasteiger partial charge in [-0.05, 0) is 0 Å². The van der Waals surface area contributed by atoms with Crippen LogP contribution < -0.4 is 5.32 Å². The van der Waals surface area contributed by atoms with Crippen molar-refractivity contribution < 1.29 is 61.9 Å². The standard InChI is InChI=1S/C21H31NO13/c1-10(23)22-17-15(32-12(3)25)8-21(30-7,20(28)29-6)35-19(17)18(34-14(5)27)16(33-13(4)26)9-31-11(2)24/h15-19H,8-9H2,1-7H3,(H,22,23)/t15-,16+,17+,18+,19+,21+/m0/s1. The SMILES string of the molecule is COC(=O)[C@@]1(OC)C[C@H](OC(C)=O)[C@@H](NC(C)=O)[C@H]([C@H](OC(C)=O)[C@@H](COC(C)=O)OC(C)=O)O1. The first-order valence-corrected chi connectivity index (χ1v) is 10.5. The number of amides is 1. The molecule has 0 saturated carbocycles. The van der Waals surface area contributed by atoms with Gasteiger partial charge in [0.1, 0.15) is 18.8 Å². The van der Waals surface area contributed by atoms with E-state index in [1.807, 2.05) is 0 Å². The van der Waals surface area contributed by atoms with Gasteiger partial charge in [-0.1, -0.05) is 0 Å². The van der Waals surface area contributed by atoms with E-state index in [-0.39, 0.29) is 0 Å². The Morgan fingerprint density at radius 2 is 1.51 bits per heavy atom. The maximum Gasteiger partial charge on any atom is 0.366 e. The molecule has 35 heavy (non-hydrogen) atoms. The van der Waals surface area contributed by atoms with Gasteiger partial charge < -0.3 is 38.5 Å². The van der Waals surface area contributed by atoms with Crippen LogP contribution in [0.25, 0.3) is 0 Å². The minimum atomic E-state index is -2.17. The molecule has 0 aliphatic carbocycles. The molecule has 1 heterocycles. The van der Waals surface area contributed by atoms with Crippen LogP contribution in [0.5, 0.6) is 0 Å². The van der Waals surface area contributed by atoms with E-state index in [0.29, 0.717) is 0 Å². The van der Waals surface area contributed by atoms with Gasteiger partial charge in [0.05, 0.1) is 19.6 Å². The van der Waals surface area contributed by atoms with E-state index in [4.69, 9.17) is 33.2 Å². The predicted molar refractivity (Wildman–Crippen MR) is 112 cm³/mol. The van der Waals surface area contributed by atoms with Crippen molar-refractivity contribution in [1.82, 2.24) is 5.32 Å². The van der Waals surface area contributed by atoms with Crippen LogP contribution in [0.2, 0.25) is 0 Å². The summed E-state index contributed by atoms with van der Waals surface area (Å²) >= 11 is 0. The average molecular weight is 505 g/mol. The number of carbonyl (C=O) groups excluding carboxylic acids is 6. The van der Waals surface area contributed by atoms with Crippen LogP contribution in [0.15, 0.2) is 0 Å². The van der Waals surface area contributed by atoms with Crippen molar-refractivity contribution in [2.45, 2.75) is 77.3 Å². The van der Waals surface area contributed by atoms with E-state index in [0.717, 1.165) is 41.9 Å². The lowest BCUT2D eigenvalue weighted by Gasteiger charge is -2.48. The van der Waals surface area contributed by atoms with Crippen molar-refractivity contribution in [1.29, 1.82) is 0 Å². The van der Waals surface area contributed by atoms with E-state index in [1.54, 1.807) is 0 Å². The highest BCUT2D eigenvalue weighted by molar-refractivity contribution is 5.79. The highest BCUT2D eigenvalue weighted by Crippen LogP contribution is 2.36. The summed E-state index contributed by atoms with van der Waals surface area (Å²) in [5, 5.41) is 2.54. The molecular formula is C21H31NO13. The number of methoxy groups -OCH3 is 2. The molecular weight excluding hydrogens is 474 g/mol. The Bertz CT molecular complexity index is 828. The normalized spacial score (nSPS) is 25.3. The second-order valence-electron chi connectivity index (χ2n) is 7.63. The van der Waals surface area contributed by atoms with E-state index in [2.05, 4.69) is 5.32 Å². The van der Waals surface area contributed by atoms with Crippen LogP contribution in [0.1, 0.15) is 41.0 Å². The second kappa shape index (κ2) is 13.0. The third-order valence-electron chi connectivity index (χ3n) is 4.82. The molecule has 1 saturated heterocycles. The Hall–Kier alpha value is -3.26. The highest BCUT2D eigenvalue weighted by atomic mass is 16.7. The minimum Gasteiger partial charge on any atom is -0.465 e. The Kier molecular flexibility index (Phi) is 11.1. The van der Waals surface area contributed by atoms with Gasteiger partial charge in [-0.15, -0.1) is 0 Å². The molecule has 0 aromatic heterocycles. The monoisotopic (exact) mass is 505 g/mol. The van der Waals surface area contributed by atoms with Gasteiger partial charge in [0.15, 0.2) is 12.2 Å². The molecule has 1 aliphatic heterocycles. The van der Waals surface area contributed by atoms with Crippen LogP contribution in [0, 0.1) is 0 Å². The van der Waals surface area contributed by atoms with Gasteiger partial charge in [-0.2, -0.15) is 0 Å². The number of ether oxygens (including phenoxy) is 7. The fourth-order valence-corrected chi connectivity index (χ4v) is 3.61. The molecule has 198 valence electrons. The zero-order chi connectivity index (χ0) is 26.9. The quantitative estimate of drug-likeness (QED) is 0.287. The number of rotatable bonds is 10. The fraction of sp³-hybridized carbons (Fsp3) is 0.714. The first-order chi connectivity index (χ1) is 16.3. The molecule has 0 unspecified atom stereocenters. The number of esters is 5. The molecule has 14 nitrogen and oxygen atoms in total. The zero-order valence-corrected chi connectivity index (χ0v) is 20.6. The molecule has 0 spiro atoms. The Labute approximate surface area is 201 Å². The highest BCUT2D eigenvalue weighted by Gasteiger charge is 2.58. The van der Waals surface area contributed by atoms with E-state index < -0.39 is 85.0 Å². The molecule has 1 aliphatic rings. The lowest BCUT2D eigenvalue weighted by molar-refractivity contribution is -0.307. The average Bonchev–Trinajstić information content (AvgIpc) is 2.74. The summed E-state index contributed by atoms with van der Waals surface area (Å²) in [4.78, 5) is 71.8. The minimum absolute atomic E-state index is 0.411. The summed E-state index contributed by atoms with van der Waals surface area (Å²) in [5.41, 5.74) is 0. The van der Waals surface area contributed by atoms with Crippen molar-refractivity contribution in [2.24, 2.45) is 0 Å². The van der Waals surface area contributed by atoms with Gasteiger partial charge in [-0.25, -0.2) is 4.79 Å². The number of nitrogens with one attached hydrogen (secondary N) is 1. The largest absolute Gasteiger partial charge is 0.465 e. The lowest BCUT2D eigenvalue weighted by Crippen LogP contribution is -2.69. The van der Waals surface area contributed by atoms with Gasteiger partial charge in [0, 0.05) is 41.7 Å². The molecule has 0 aromatic rings. The second-order valence-corrected chi connectivity index (χ2v) is 7.63. The Balaban J connectivity index is 3.72. The Morgan fingerprint density at radius 3 is 1.94 bits per heavy atom. The molecule has 1 fully saturated rings. The van der Waals surface area contributed by atoms with Crippen molar-refractivity contribution in [3.63, 3.8) is 0 Å². The summed E-state index contributed by atoms with van der Waals surface area (Å²) in [6.07, 6.45) is -6.22. The van der Waals surface area contributed by atoms with E-state index in [1.165, 1.54) is 6.92 Å². The summed E-state index contributed by atoms with van der Waals surface area (Å²) in [6.45, 7) is 4.92. The molecule has 1 rings (SSSR count). The van der Waals surface area contributed by atoms with Gasteiger partial charge >= 0.3 is 29.8 Å². The predicted octanol–water partition coefficient (Wildman–Crippen LogP) is -0.846. The van der Waals surface area contributed by atoms with Crippen LogP contribution >= 0.6 is 0 Å². The number of carbonyl (C=O) groups is 6. The van der Waals surface area contributed by atoms with Crippen LogP contribution in [-0.2, 0) is 61.9 Å². The molecule has 6 atom stereocenters. The van der Waals surface area contributed by atoms with Crippen LogP contribution in [0.4, 0.5) is 0 Å². The third kappa shape index (κ3) is 8.47. The first-order valence-electron chi connectivity index (χ1n) is 10.5. The summed E-state index contributed by atoms with van der Waals surface area (Å²) in [6, 6.07) is -1.23. The van der Waals surface area contributed by atoms with E-state index >= 15 is 0 Å². The van der Waals surface area contributed by atoms with Gasteiger partial charge in [-0.3, -0.25) is 24.0 Å². The van der Waals surface area contributed by atoms with E-state index in [9.17, 15) is 28.8 Å². The fourth-order valence-electron chi connectivity index (χ4n) is 3.61. The summed E-state index contributed by atoms with van der Waals surface area (Å²) < 4.78 is 36.9. The third-order valence-corrected chi connectivity index (χ3v) is 4.82.